The van der Waals surface area contributed by atoms with Gasteiger partial charge in [-0.1, -0.05) is 0 Å². The Morgan fingerprint density at radius 3 is 2.58 bits per heavy atom. The number of rotatable bonds is 2. The van der Waals surface area contributed by atoms with Gasteiger partial charge in [0.1, 0.15) is 5.69 Å². The number of aromatic nitrogens is 2. The van der Waals surface area contributed by atoms with Gasteiger partial charge in [-0.3, -0.25) is 14.4 Å². The van der Waals surface area contributed by atoms with Crippen LogP contribution in [-0.2, 0) is 7.05 Å². The second-order valence-corrected chi connectivity index (χ2v) is 6.09. The number of hydrogen-bond acceptors (Lipinski definition) is 3. The highest BCUT2D eigenvalue weighted by Gasteiger charge is 2.52. The van der Waals surface area contributed by atoms with E-state index in [1.54, 1.807) is 10.9 Å². The van der Waals surface area contributed by atoms with Crippen molar-refractivity contribution < 1.29 is 4.79 Å². The standard InChI is InChI=1S/C14H22N4O/c1-11(2)17-8-5-14(10-17)6-9-18(14)13(19)12-4-7-15-16(12)3/h4,7,11H,5-6,8-10H2,1-3H3. The second kappa shape index (κ2) is 4.34. The third-order valence-electron chi connectivity index (χ3n) is 4.75. The van der Waals surface area contributed by atoms with E-state index in [0.717, 1.165) is 32.5 Å². The van der Waals surface area contributed by atoms with Gasteiger partial charge < -0.3 is 4.90 Å². The molecule has 2 fully saturated rings. The van der Waals surface area contributed by atoms with Gasteiger partial charge in [0.25, 0.3) is 5.91 Å². The second-order valence-electron chi connectivity index (χ2n) is 6.09. The first kappa shape index (κ1) is 12.7. The Morgan fingerprint density at radius 1 is 1.37 bits per heavy atom. The van der Waals surface area contributed by atoms with Crippen LogP contribution < -0.4 is 0 Å². The molecule has 1 amide bonds. The van der Waals surface area contributed by atoms with Crippen molar-refractivity contribution in [1.82, 2.24) is 19.6 Å². The third kappa shape index (κ3) is 1.87. The lowest BCUT2D eigenvalue weighted by molar-refractivity contribution is -0.0000826. The van der Waals surface area contributed by atoms with Gasteiger partial charge in [-0.05, 0) is 32.8 Å². The fourth-order valence-electron chi connectivity index (χ4n) is 3.33. The molecule has 5 nitrogen and oxygen atoms in total. The van der Waals surface area contributed by atoms with Gasteiger partial charge in [0, 0.05) is 38.9 Å². The smallest absolute Gasteiger partial charge is 0.272 e. The highest BCUT2D eigenvalue weighted by Crippen LogP contribution is 2.40. The van der Waals surface area contributed by atoms with E-state index < -0.39 is 0 Å². The van der Waals surface area contributed by atoms with Crippen molar-refractivity contribution >= 4 is 5.91 Å². The molecule has 0 aliphatic carbocycles. The maximum Gasteiger partial charge on any atom is 0.272 e. The maximum atomic E-state index is 12.6. The summed E-state index contributed by atoms with van der Waals surface area (Å²) in [4.78, 5) is 17.1. The summed E-state index contributed by atoms with van der Waals surface area (Å²) in [7, 11) is 1.83. The molecule has 3 rings (SSSR count). The van der Waals surface area contributed by atoms with Crippen LogP contribution >= 0.6 is 0 Å². The van der Waals surface area contributed by atoms with E-state index >= 15 is 0 Å². The highest BCUT2D eigenvalue weighted by molar-refractivity contribution is 5.93. The number of carbonyl (C=O) groups is 1. The topological polar surface area (TPSA) is 41.4 Å². The number of hydrogen-bond donors (Lipinski definition) is 0. The largest absolute Gasteiger partial charge is 0.330 e. The van der Waals surface area contributed by atoms with E-state index in [9.17, 15) is 4.79 Å². The molecule has 19 heavy (non-hydrogen) atoms. The zero-order chi connectivity index (χ0) is 13.6. The zero-order valence-corrected chi connectivity index (χ0v) is 12.0. The molecule has 5 heteroatoms. The lowest BCUT2D eigenvalue weighted by Gasteiger charge is -2.51. The minimum atomic E-state index is 0.0889. The monoisotopic (exact) mass is 262 g/mol. The van der Waals surface area contributed by atoms with Crippen molar-refractivity contribution in [2.75, 3.05) is 19.6 Å². The first-order valence-electron chi connectivity index (χ1n) is 7.07. The molecular formula is C14H22N4O. The van der Waals surface area contributed by atoms with Crippen LogP contribution in [0.1, 0.15) is 37.2 Å². The summed E-state index contributed by atoms with van der Waals surface area (Å²) in [6.45, 7) is 7.47. The Bertz CT molecular complexity index is 495. The molecule has 0 saturated carbocycles. The van der Waals surface area contributed by atoms with Crippen molar-refractivity contribution in [3.8, 4) is 0 Å². The summed E-state index contributed by atoms with van der Waals surface area (Å²) in [5.41, 5.74) is 0.785. The van der Waals surface area contributed by atoms with Gasteiger partial charge >= 0.3 is 0 Å². The zero-order valence-electron chi connectivity index (χ0n) is 12.0. The number of likely N-dealkylation sites (tertiary alicyclic amines) is 2. The molecule has 0 aromatic carbocycles. The average Bonchev–Trinajstić information content (AvgIpc) is 2.94. The van der Waals surface area contributed by atoms with Gasteiger partial charge in [-0.15, -0.1) is 0 Å². The van der Waals surface area contributed by atoms with E-state index in [0.29, 0.717) is 11.7 Å². The number of amides is 1. The fraction of sp³-hybridized carbons (Fsp3) is 0.714. The number of nitrogens with zero attached hydrogens (tertiary/aromatic N) is 4. The lowest BCUT2D eigenvalue weighted by atomic mass is 9.83. The molecule has 1 spiro atoms. The molecule has 1 unspecified atom stereocenters. The quantitative estimate of drug-likeness (QED) is 0.802. The van der Waals surface area contributed by atoms with Gasteiger partial charge in [-0.25, -0.2) is 0 Å². The van der Waals surface area contributed by atoms with Gasteiger partial charge in [0.15, 0.2) is 0 Å². The third-order valence-corrected chi connectivity index (χ3v) is 4.75. The molecule has 104 valence electrons. The van der Waals surface area contributed by atoms with Gasteiger partial charge in [0.05, 0.1) is 5.54 Å². The Morgan fingerprint density at radius 2 is 2.11 bits per heavy atom. The lowest BCUT2D eigenvalue weighted by Crippen LogP contribution is -2.63. The van der Waals surface area contributed by atoms with E-state index in [4.69, 9.17) is 0 Å². The fourth-order valence-corrected chi connectivity index (χ4v) is 3.33. The van der Waals surface area contributed by atoms with Crippen molar-refractivity contribution in [2.45, 2.75) is 38.3 Å². The molecule has 2 aliphatic rings. The van der Waals surface area contributed by atoms with Gasteiger partial charge in [0.2, 0.25) is 0 Å². The average molecular weight is 262 g/mol. The van der Waals surface area contributed by atoms with Crippen molar-refractivity contribution in [2.24, 2.45) is 7.05 Å². The SMILES string of the molecule is CC(C)N1CCC2(CCN2C(=O)c2ccnn2C)C1. The van der Waals surface area contributed by atoms with Crippen LogP contribution in [0.3, 0.4) is 0 Å². The molecule has 0 bridgehead atoms. The Kier molecular flexibility index (Phi) is 2.89. The molecule has 3 heterocycles. The minimum Gasteiger partial charge on any atom is -0.330 e. The Hall–Kier alpha value is -1.36. The highest BCUT2D eigenvalue weighted by atomic mass is 16.2. The molecule has 1 aromatic heterocycles. The molecule has 1 aromatic rings. The van der Waals surface area contributed by atoms with Crippen LogP contribution in [0.15, 0.2) is 12.3 Å². The Labute approximate surface area is 114 Å². The molecular weight excluding hydrogens is 240 g/mol. The molecule has 2 aliphatic heterocycles. The van der Waals surface area contributed by atoms with E-state index in [1.165, 1.54) is 0 Å². The van der Waals surface area contributed by atoms with Gasteiger partial charge in [-0.2, -0.15) is 5.10 Å². The molecule has 2 saturated heterocycles. The normalized spacial score (nSPS) is 27.3. The van der Waals surface area contributed by atoms with Crippen molar-refractivity contribution in [1.29, 1.82) is 0 Å². The summed E-state index contributed by atoms with van der Waals surface area (Å²) >= 11 is 0. The minimum absolute atomic E-state index is 0.0889. The van der Waals surface area contributed by atoms with Crippen LogP contribution in [-0.4, -0.2) is 56.7 Å². The van der Waals surface area contributed by atoms with Crippen LogP contribution in [0.5, 0.6) is 0 Å². The van der Waals surface area contributed by atoms with Crippen LogP contribution in [0, 0.1) is 0 Å². The molecule has 1 atom stereocenters. The van der Waals surface area contributed by atoms with Crippen LogP contribution in [0.25, 0.3) is 0 Å². The predicted octanol–water partition coefficient (Wildman–Crippen LogP) is 1.12. The first-order chi connectivity index (χ1) is 9.03. The summed E-state index contributed by atoms with van der Waals surface area (Å²) < 4.78 is 1.67. The molecule has 0 N–H and O–H groups in total. The van der Waals surface area contributed by atoms with E-state index in [-0.39, 0.29) is 11.4 Å². The summed E-state index contributed by atoms with van der Waals surface area (Å²) in [6, 6.07) is 2.37. The number of aryl methyl sites for hydroxylation is 1. The number of carbonyl (C=O) groups excluding carboxylic acids is 1. The Balaban J connectivity index is 1.77. The van der Waals surface area contributed by atoms with Crippen LogP contribution in [0.2, 0.25) is 0 Å². The predicted molar refractivity (Wildman–Crippen MR) is 72.9 cm³/mol. The summed E-state index contributed by atoms with van der Waals surface area (Å²) in [6.07, 6.45) is 3.93. The maximum absolute atomic E-state index is 12.6. The van der Waals surface area contributed by atoms with Crippen molar-refractivity contribution in [3.63, 3.8) is 0 Å². The van der Waals surface area contributed by atoms with E-state index in [1.807, 2.05) is 13.1 Å². The summed E-state index contributed by atoms with van der Waals surface area (Å²) in [5, 5.41) is 4.10. The molecule has 0 radical (unpaired) electrons. The first-order valence-corrected chi connectivity index (χ1v) is 7.07. The van der Waals surface area contributed by atoms with E-state index in [2.05, 4.69) is 28.7 Å². The van der Waals surface area contributed by atoms with Crippen molar-refractivity contribution in [3.05, 3.63) is 18.0 Å². The van der Waals surface area contributed by atoms with Crippen LogP contribution in [0.4, 0.5) is 0 Å². The summed E-state index contributed by atoms with van der Waals surface area (Å²) in [5.74, 6) is 0.136.